The Morgan fingerprint density at radius 1 is 1.50 bits per heavy atom. The second-order valence-corrected chi connectivity index (χ2v) is 4.99. The van der Waals surface area contributed by atoms with E-state index in [9.17, 15) is 0 Å². The van der Waals surface area contributed by atoms with Crippen LogP contribution in [0.4, 0.5) is 0 Å². The molecule has 2 rings (SSSR count). The van der Waals surface area contributed by atoms with Crippen LogP contribution in [-0.2, 0) is 0 Å². The molecule has 1 aliphatic heterocycles. The molecule has 0 radical (unpaired) electrons. The highest BCUT2D eigenvalue weighted by molar-refractivity contribution is 7.99. The molecule has 1 aliphatic rings. The minimum atomic E-state index is 0.719. The molecule has 1 aromatic rings. The van der Waals surface area contributed by atoms with Crippen molar-refractivity contribution in [3.05, 3.63) is 29.3 Å². The average molecular weight is 207 g/mol. The highest BCUT2D eigenvalue weighted by Crippen LogP contribution is 2.38. The molecule has 0 aromatic heterocycles. The zero-order valence-corrected chi connectivity index (χ0v) is 9.66. The molecule has 1 N–H and O–H groups in total. The maximum absolute atomic E-state index is 3.29. The number of thioether (sulfide) groups is 1. The Bertz CT molecular complexity index is 322. The van der Waals surface area contributed by atoms with Crippen molar-refractivity contribution >= 4 is 11.8 Å². The van der Waals surface area contributed by atoms with E-state index in [2.05, 4.69) is 30.4 Å². The van der Waals surface area contributed by atoms with Crippen molar-refractivity contribution in [3.63, 3.8) is 0 Å². The summed E-state index contributed by atoms with van der Waals surface area (Å²) in [5, 5.41) is 3.29. The normalized spacial score (nSPS) is 20.6. The monoisotopic (exact) mass is 207 g/mol. The van der Waals surface area contributed by atoms with E-state index in [4.69, 9.17) is 0 Å². The summed E-state index contributed by atoms with van der Waals surface area (Å²) in [6.07, 6.45) is 1.31. The molecule has 76 valence electrons. The summed E-state index contributed by atoms with van der Waals surface area (Å²) in [7, 11) is 2.04. The summed E-state index contributed by atoms with van der Waals surface area (Å²) in [5.74, 6) is 1.99. The van der Waals surface area contributed by atoms with Gasteiger partial charge >= 0.3 is 0 Å². The zero-order valence-electron chi connectivity index (χ0n) is 8.84. The van der Waals surface area contributed by atoms with Crippen LogP contribution in [0.2, 0.25) is 0 Å². The molecule has 14 heavy (non-hydrogen) atoms. The smallest absolute Gasteiger partial charge is 0.0137 e. The Hall–Kier alpha value is -0.470. The van der Waals surface area contributed by atoms with E-state index in [1.54, 1.807) is 5.56 Å². The van der Waals surface area contributed by atoms with Crippen molar-refractivity contribution in [2.45, 2.75) is 24.2 Å². The molecule has 1 unspecified atom stereocenters. The van der Waals surface area contributed by atoms with Crippen LogP contribution >= 0.6 is 11.8 Å². The zero-order chi connectivity index (χ0) is 9.97. The largest absolute Gasteiger partial charge is 0.319 e. The minimum Gasteiger partial charge on any atom is -0.319 e. The van der Waals surface area contributed by atoms with Crippen LogP contribution in [-0.4, -0.2) is 19.3 Å². The predicted molar refractivity (Wildman–Crippen MR) is 63.2 cm³/mol. The van der Waals surface area contributed by atoms with Gasteiger partial charge in [-0.2, -0.15) is 0 Å². The Morgan fingerprint density at radius 3 is 3.14 bits per heavy atom. The van der Waals surface area contributed by atoms with Crippen LogP contribution in [0, 0.1) is 6.92 Å². The van der Waals surface area contributed by atoms with Gasteiger partial charge in [-0.3, -0.25) is 0 Å². The molecule has 1 heterocycles. The number of fused-ring (bicyclic) bond motifs is 1. The minimum absolute atomic E-state index is 0.719. The molecule has 0 fully saturated rings. The van der Waals surface area contributed by atoms with Gasteiger partial charge in [-0.05, 0) is 43.2 Å². The molecular formula is C12H17NS. The molecular weight excluding hydrogens is 190 g/mol. The molecule has 1 nitrogen and oxygen atoms in total. The quantitative estimate of drug-likeness (QED) is 0.800. The van der Waals surface area contributed by atoms with Crippen molar-refractivity contribution in [1.29, 1.82) is 0 Å². The van der Waals surface area contributed by atoms with Gasteiger partial charge in [-0.15, -0.1) is 11.8 Å². The van der Waals surface area contributed by atoms with Crippen LogP contribution < -0.4 is 5.32 Å². The summed E-state index contributed by atoms with van der Waals surface area (Å²) in [4.78, 5) is 1.53. The molecule has 0 saturated heterocycles. The lowest BCUT2D eigenvalue weighted by atomic mass is 9.94. The number of nitrogens with one attached hydrogen (secondary N) is 1. The molecule has 1 atom stereocenters. The Balaban J connectivity index is 2.34. The Morgan fingerprint density at radius 2 is 2.36 bits per heavy atom. The fourth-order valence-corrected chi connectivity index (χ4v) is 3.41. The van der Waals surface area contributed by atoms with Crippen LogP contribution in [0.5, 0.6) is 0 Å². The van der Waals surface area contributed by atoms with Crippen molar-refractivity contribution in [3.8, 4) is 0 Å². The van der Waals surface area contributed by atoms with E-state index < -0.39 is 0 Å². The van der Waals surface area contributed by atoms with Crippen LogP contribution in [0.15, 0.2) is 23.1 Å². The first-order chi connectivity index (χ1) is 6.83. The van der Waals surface area contributed by atoms with E-state index in [1.165, 1.54) is 22.6 Å². The van der Waals surface area contributed by atoms with Crippen molar-refractivity contribution < 1.29 is 0 Å². The van der Waals surface area contributed by atoms with Gasteiger partial charge in [0.2, 0.25) is 0 Å². The number of likely N-dealkylation sites (N-methyl/N-ethyl adjacent to an activating group) is 1. The van der Waals surface area contributed by atoms with Crippen LogP contribution in [0.3, 0.4) is 0 Å². The van der Waals surface area contributed by atoms with Gasteiger partial charge in [0.15, 0.2) is 0 Å². The Labute approximate surface area is 90.3 Å². The molecule has 0 bridgehead atoms. The van der Waals surface area contributed by atoms with Crippen molar-refractivity contribution in [2.75, 3.05) is 19.3 Å². The number of aryl methyl sites for hydroxylation is 1. The number of hydrogen-bond acceptors (Lipinski definition) is 2. The first-order valence-electron chi connectivity index (χ1n) is 5.20. The second kappa shape index (κ2) is 4.37. The molecule has 0 aliphatic carbocycles. The van der Waals surface area contributed by atoms with Crippen molar-refractivity contribution in [1.82, 2.24) is 5.32 Å². The van der Waals surface area contributed by atoms with Gasteiger partial charge in [0.25, 0.3) is 0 Å². The maximum atomic E-state index is 3.29. The summed E-state index contributed by atoms with van der Waals surface area (Å²) in [5.41, 5.74) is 2.99. The second-order valence-electron chi connectivity index (χ2n) is 3.88. The number of rotatable bonds is 2. The number of hydrogen-bond donors (Lipinski definition) is 1. The maximum Gasteiger partial charge on any atom is 0.0137 e. The van der Waals surface area contributed by atoms with Crippen LogP contribution in [0.1, 0.15) is 23.5 Å². The molecule has 0 amide bonds. The van der Waals surface area contributed by atoms with E-state index in [0.29, 0.717) is 0 Å². The number of benzene rings is 1. The van der Waals surface area contributed by atoms with Crippen molar-refractivity contribution in [2.24, 2.45) is 0 Å². The summed E-state index contributed by atoms with van der Waals surface area (Å²) in [6.45, 7) is 3.32. The lowest BCUT2D eigenvalue weighted by molar-refractivity contribution is 0.599. The van der Waals surface area contributed by atoms with Gasteiger partial charge < -0.3 is 5.32 Å². The van der Waals surface area contributed by atoms with E-state index in [0.717, 1.165) is 12.5 Å². The topological polar surface area (TPSA) is 12.0 Å². The standard InChI is InChI=1S/C12H17NS/c1-9-4-3-5-11-10(8-13-2)6-7-14-12(9)11/h3-5,10,13H,6-8H2,1-2H3. The third-order valence-electron chi connectivity index (χ3n) is 2.85. The first-order valence-corrected chi connectivity index (χ1v) is 6.18. The van der Waals surface area contributed by atoms with Gasteiger partial charge in [-0.1, -0.05) is 18.2 Å². The third-order valence-corrected chi connectivity index (χ3v) is 4.13. The fourth-order valence-electron chi connectivity index (χ4n) is 2.11. The van der Waals surface area contributed by atoms with Crippen LogP contribution in [0.25, 0.3) is 0 Å². The van der Waals surface area contributed by atoms with Gasteiger partial charge in [0.05, 0.1) is 0 Å². The molecule has 0 spiro atoms. The van der Waals surface area contributed by atoms with E-state index >= 15 is 0 Å². The van der Waals surface area contributed by atoms with E-state index in [-0.39, 0.29) is 0 Å². The summed E-state index contributed by atoms with van der Waals surface area (Å²) < 4.78 is 0. The highest BCUT2D eigenvalue weighted by Gasteiger charge is 2.20. The van der Waals surface area contributed by atoms with E-state index in [1.807, 2.05) is 18.8 Å². The SMILES string of the molecule is CNCC1CCSc2c(C)cccc21. The lowest BCUT2D eigenvalue weighted by Gasteiger charge is -2.26. The predicted octanol–water partition coefficient (Wildman–Crippen LogP) is 2.79. The average Bonchev–Trinajstić information content (AvgIpc) is 2.20. The molecule has 0 saturated carbocycles. The molecule has 2 heteroatoms. The first kappa shape index (κ1) is 10.1. The van der Waals surface area contributed by atoms with Gasteiger partial charge in [0, 0.05) is 11.4 Å². The third kappa shape index (κ3) is 1.82. The fraction of sp³-hybridized carbons (Fsp3) is 0.500. The lowest BCUT2D eigenvalue weighted by Crippen LogP contribution is -2.20. The summed E-state index contributed by atoms with van der Waals surface area (Å²) >= 11 is 2.02. The summed E-state index contributed by atoms with van der Waals surface area (Å²) in [6, 6.07) is 6.69. The highest BCUT2D eigenvalue weighted by atomic mass is 32.2. The Kier molecular flexibility index (Phi) is 3.14. The van der Waals surface area contributed by atoms with Gasteiger partial charge in [-0.25, -0.2) is 0 Å². The molecule has 1 aromatic carbocycles. The van der Waals surface area contributed by atoms with Gasteiger partial charge in [0.1, 0.15) is 0 Å².